The van der Waals surface area contributed by atoms with Crippen molar-refractivity contribution in [2.75, 3.05) is 13.7 Å². The number of benzene rings is 1. The highest BCUT2D eigenvalue weighted by atomic mass is 32.1. The van der Waals surface area contributed by atoms with E-state index in [1.165, 1.54) is 0 Å². The second-order valence-corrected chi connectivity index (χ2v) is 9.81. The molecule has 9 heteroatoms. The number of hydrogen-bond acceptors (Lipinski definition) is 8. The summed E-state index contributed by atoms with van der Waals surface area (Å²) in [5.74, 6) is 7.93. The Labute approximate surface area is 201 Å². The van der Waals surface area contributed by atoms with Gasteiger partial charge in [0.25, 0.3) is 0 Å². The maximum absolute atomic E-state index is 6.21. The van der Waals surface area contributed by atoms with Crippen LogP contribution in [0.5, 0.6) is 17.2 Å². The number of pyridine rings is 1. The van der Waals surface area contributed by atoms with Crippen LogP contribution in [-0.2, 0) is 6.54 Å². The number of methoxy groups -OCH3 is 1. The molecule has 5 rings (SSSR count). The molecule has 34 heavy (non-hydrogen) atoms. The van der Waals surface area contributed by atoms with Crippen molar-refractivity contribution in [1.82, 2.24) is 19.5 Å². The Bertz CT molecular complexity index is 1410. The van der Waals surface area contributed by atoms with Crippen LogP contribution in [0.4, 0.5) is 0 Å². The van der Waals surface area contributed by atoms with Crippen molar-refractivity contribution >= 4 is 22.5 Å². The molecule has 1 aliphatic rings. The fourth-order valence-electron chi connectivity index (χ4n) is 3.68. The van der Waals surface area contributed by atoms with E-state index in [2.05, 4.69) is 26.8 Å². The molecule has 0 saturated carbocycles. The number of aromatic nitrogens is 4. The van der Waals surface area contributed by atoms with Gasteiger partial charge in [0.15, 0.2) is 23.3 Å². The third-order valence-corrected chi connectivity index (χ3v) is 6.05. The van der Waals surface area contributed by atoms with Gasteiger partial charge in [-0.2, -0.15) is 0 Å². The summed E-state index contributed by atoms with van der Waals surface area (Å²) in [6.07, 6.45) is 3.25. The highest BCUT2D eigenvalue weighted by molar-refractivity contribution is 7.09. The van der Waals surface area contributed by atoms with Gasteiger partial charge < -0.3 is 24.5 Å². The Morgan fingerprint density at radius 2 is 2.15 bits per heavy atom. The molecule has 8 nitrogen and oxygen atoms in total. The van der Waals surface area contributed by atoms with Crippen molar-refractivity contribution in [2.24, 2.45) is 5.73 Å². The minimum atomic E-state index is -0.565. The standard InChI is InChI=1S/C25H25N5O3S/c1-15-29-19(13-34-15)22-12-32-21-9-17(8-20(31-4)23(21)33-22)11-30-14-28-18-7-16(10-27-24(18)30)5-6-25(2,3)26/h7-10,13-14,22H,11-12,26H2,1-4H3. The van der Waals surface area contributed by atoms with Crippen LogP contribution >= 0.6 is 11.3 Å². The van der Waals surface area contributed by atoms with E-state index in [0.717, 1.165) is 33.0 Å². The summed E-state index contributed by atoms with van der Waals surface area (Å²) < 4.78 is 19.9. The molecule has 4 aromatic rings. The average molecular weight is 476 g/mol. The first kappa shape index (κ1) is 22.2. The zero-order valence-electron chi connectivity index (χ0n) is 19.5. The van der Waals surface area contributed by atoms with Gasteiger partial charge in [-0.1, -0.05) is 11.8 Å². The van der Waals surface area contributed by atoms with E-state index in [1.807, 2.05) is 48.9 Å². The zero-order valence-corrected chi connectivity index (χ0v) is 20.3. The molecule has 0 bridgehead atoms. The minimum absolute atomic E-state index is 0.263. The summed E-state index contributed by atoms with van der Waals surface area (Å²) in [7, 11) is 1.62. The van der Waals surface area contributed by atoms with E-state index in [1.54, 1.807) is 31.0 Å². The van der Waals surface area contributed by atoms with Crippen molar-refractivity contribution < 1.29 is 14.2 Å². The van der Waals surface area contributed by atoms with Gasteiger partial charge in [-0.15, -0.1) is 11.3 Å². The number of ether oxygens (including phenoxy) is 3. The van der Waals surface area contributed by atoms with Crippen LogP contribution in [-0.4, -0.2) is 38.8 Å². The summed E-state index contributed by atoms with van der Waals surface area (Å²) in [4.78, 5) is 13.6. The summed E-state index contributed by atoms with van der Waals surface area (Å²) in [6, 6.07) is 5.84. The molecule has 1 atom stereocenters. The van der Waals surface area contributed by atoms with Gasteiger partial charge in [0.2, 0.25) is 5.75 Å². The van der Waals surface area contributed by atoms with Gasteiger partial charge in [-0.25, -0.2) is 15.0 Å². The van der Waals surface area contributed by atoms with Gasteiger partial charge in [0.1, 0.15) is 12.1 Å². The fourth-order valence-corrected chi connectivity index (χ4v) is 4.33. The predicted molar refractivity (Wildman–Crippen MR) is 130 cm³/mol. The predicted octanol–water partition coefficient (Wildman–Crippen LogP) is 3.85. The van der Waals surface area contributed by atoms with Crippen LogP contribution < -0.4 is 19.9 Å². The molecular weight excluding hydrogens is 450 g/mol. The smallest absolute Gasteiger partial charge is 0.204 e. The molecule has 1 aliphatic heterocycles. The lowest BCUT2D eigenvalue weighted by Crippen LogP contribution is -2.29. The first-order valence-electron chi connectivity index (χ1n) is 10.8. The molecule has 0 saturated heterocycles. The Balaban J connectivity index is 1.40. The Kier molecular flexibility index (Phi) is 5.63. The SMILES string of the molecule is COc1cc(Cn2cnc3cc(C#CC(C)(C)N)cnc32)cc2c1OC(c1csc(C)n1)CO2. The topological polar surface area (TPSA) is 97.3 Å². The van der Waals surface area contributed by atoms with E-state index < -0.39 is 5.54 Å². The second kappa shape index (κ2) is 8.63. The number of nitrogens with two attached hydrogens (primary N) is 1. The van der Waals surface area contributed by atoms with E-state index in [4.69, 9.17) is 19.9 Å². The Morgan fingerprint density at radius 3 is 2.88 bits per heavy atom. The van der Waals surface area contributed by atoms with E-state index in [-0.39, 0.29) is 6.10 Å². The fraction of sp³-hybridized carbons (Fsp3) is 0.320. The summed E-state index contributed by atoms with van der Waals surface area (Å²) >= 11 is 1.59. The molecular formula is C25H25N5O3S. The molecule has 2 N–H and O–H groups in total. The van der Waals surface area contributed by atoms with Gasteiger partial charge in [0.05, 0.1) is 36.2 Å². The lowest BCUT2D eigenvalue weighted by atomic mass is 10.1. The van der Waals surface area contributed by atoms with Crippen molar-refractivity contribution in [3.63, 3.8) is 0 Å². The lowest BCUT2D eigenvalue weighted by Gasteiger charge is -2.27. The number of thiazole rings is 1. The number of imidazole rings is 1. The molecule has 3 aromatic heterocycles. The molecule has 0 radical (unpaired) electrons. The molecule has 0 aliphatic carbocycles. The monoisotopic (exact) mass is 475 g/mol. The van der Waals surface area contributed by atoms with Crippen LogP contribution in [0.3, 0.4) is 0 Å². The van der Waals surface area contributed by atoms with Crippen molar-refractivity contribution in [1.29, 1.82) is 0 Å². The zero-order chi connectivity index (χ0) is 23.9. The van der Waals surface area contributed by atoms with Crippen molar-refractivity contribution in [3.05, 3.63) is 57.9 Å². The first-order chi connectivity index (χ1) is 16.3. The summed E-state index contributed by atoms with van der Waals surface area (Å²) in [6.45, 7) is 6.64. The van der Waals surface area contributed by atoms with Crippen LogP contribution in [0.25, 0.3) is 11.2 Å². The first-order valence-corrected chi connectivity index (χ1v) is 11.7. The second-order valence-electron chi connectivity index (χ2n) is 8.75. The highest BCUT2D eigenvalue weighted by Crippen LogP contribution is 2.44. The van der Waals surface area contributed by atoms with Gasteiger partial charge in [0, 0.05) is 17.1 Å². The summed E-state index contributed by atoms with van der Waals surface area (Å²) in [5, 5.41) is 3.00. The number of hydrogen-bond donors (Lipinski definition) is 1. The van der Waals surface area contributed by atoms with Gasteiger partial charge in [-0.05, 0) is 44.5 Å². The normalized spacial score (nSPS) is 15.1. The molecule has 0 fully saturated rings. The van der Waals surface area contributed by atoms with Gasteiger partial charge >= 0.3 is 0 Å². The average Bonchev–Trinajstić information content (AvgIpc) is 3.42. The third-order valence-electron chi connectivity index (χ3n) is 5.25. The van der Waals surface area contributed by atoms with Crippen LogP contribution in [0.1, 0.15) is 41.8 Å². The molecule has 174 valence electrons. The Morgan fingerprint density at radius 1 is 1.29 bits per heavy atom. The molecule has 0 amide bonds. The number of fused-ring (bicyclic) bond motifs is 2. The highest BCUT2D eigenvalue weighted by Gasteiger charge is 2.28. The number of nitrogens with zero attached hydrogens (tertiary/aromatic N) is 4. The molecule has 1 aromatic carbocycles. The van der Waals surface area contributed by atoms with Crippen LogP contribution in [0.2, 0.25) is 0 Å². The van der Waals surface area contributed by atoms with E-state index in [0.29, 0.717) is 30.4 Å². The van der Waals surface area contributed by atoms with Crippen LogP contribution in [0.15, 0.2) is 36.1 Å². The van der Waals surface area contributed by atoms with Crippen molar-refractivity contribution in [2.45, 2.75) is 39.0 Å². The minimum Gasteiger partial charge on any atom is -0.493 e. The van der Waals surface area contributed by atoms with Crippen LogP contribution in [0, 0.1) is 18.8 Å². The molecule has 1 unspecified atom stereocenters. The number of rotatable bonds is 4. The third kappa shape index (κ3) is 4.55. The largest absolute Gasteiger partial charge is 0.493 e. The van der Waals surface area contributed by atoms with Crippen molar-refractivity contribution in [3.8, 4) is 29.1 Å². The number of aryl methyl sites for hydroxylation is 1. The van der Waals surface area contributed by atoms with Gasteiger partial charge in [-0.3, -0.25) is 0 Å². The van der Waals surface area contributed by atoms with E-state index >= 15 is 0 Å². The quantitative estimate of drug-likeness (QED) is 0.448. The maximum Gasteiger partial charge on any atom is 0.204 e. The Hall–Kier alpha value is -3.61. The molecule has 0 spiro atoms. The maximum atomic E-state index is 6.21. The van der Waals surface area contributed by atoms with E-state index in [9.17, 15) is 0 Å². The molecule has 4 heterocycles. The lowest BCUT2D eigenvalue weighted by molar-refractivity contribution is 0.0844. The summed E-state index contributed by atoms with van der Waals surface area (Å²) in [5.41, 5.74) is 9.56.